The van der Waals surface area contributed by atoms with E-state index < -0.39 is 0 Å². The van der Waals surface area contributed by atoms with E-state index in [2.05, 4.69) is 36.0 Å². The molecule has 3 heteroatoms. The molecule has 0 radical (unpaired) electrons. The van der Waals surface area contributed by atoms with Crippen LogP contribution < -0.4 is 10.6 Å². The molecule has 0 spiro atoms. The van der Waals surface area contributed by atoms with Crippen LogP contribution in [0.2, 0.25) is 0 Å². The Hall–Kier alpha value is -1.09. The van der Waals surface area contributed by atoms with Crippen LogP contribution in [0, 0.1) is 11.8 Å². The Labute approximate surface area is 97.7 Å². The predicted octanol–water partition coefficient (Wildman–Crippen LogP) is 2.19. The van der Waals surface area contributed by atoms with Crippen LogP contribution in [-0.4, -0.2) is 18.6 Å². The normalized spacial score (nSPS) is 25.2. The molecule has 88 valence electrons. The number of hydrogen-bond acceptors (Lipinski definition) is 3. The van der Waals surface area contributed by atoms with E-state index in [0.717, 1.165) is 29.8 Å². The van der Waals surface area contributed by atoms with Gasteiger partial charge in [-0.15, -0.1) is 0 Å². The first-order chi connectivity index (χ1) is 7.58. The third kappa shape index (κ3) is 2.53. The molecule has 1 aliphatic carbocycles. The fourth-order valence-electron chi connectivity index (χ4n) is 1.99. The van der Waals surface area contributed by atoms with Gasteiger partial charge in [0.25, 0.3) is 0 Å². The first kappa shape index (κ1) is 11.4. The van der Waals surface area contributed by atoms with Crippen molar-refractivity contribution in [2.24, 2.45) is 17.6 Å². The van der Waals surface area contributed by atoms with E-state index in [0.29, 0.717) is 0 Å². The molecule has 2 N–H and O–H groups in total. The Morgan fingerprint density at radius 3 is 2.69 bits per heavy atom. The van der Waals surface area contributed by atoms with Crippen LogP contribution in [0.1, 0.15) is 31.9 Å². The van der Waals surface area contributed by atoms with E-state index in [1.807, 2.05) is 13.1 Å². The molecule has 1 aromatic rings. The molecular weight excluding hydrogens is 198 g/mol. The van der Waals surface area contributed by atoms with Gasteiger partial charge < -0.3 is 10.6 Å². The molecule has 0 amide bonds. The van der Waals surface area contributed by atoms with Gasteiger partial charge in [0.1, 0.15) is 5.82 Å². The first-order valence-electron chi connectivity index (χ1n) is 6.00. The topological polar surface area (TPSA) is 42.1 Å². The van der Waals surface area contributed by atoms with Gasteiger partial charge in [0.2, 0.25) is 0 Å². The van der Waals surface area contributed by atoms with Crippen LogP contribution in [0.3, 0.4) is 0 Å². The van der Waals surface area contributed by atoms with Crippen LogP contribution in [0.5, 0.6) is 0 Å². The average molecular weight is 219 g/mol. The highest BCUT2D eigenvalue weighted by Gasteiger charge is 2.33. The molecule has 1 heterocycles. The second kappa shape index (κ2) is 4.42. The minimum absolute atomic E-state index is 0.0651. The van der Waals surface area contributed by atoms with Crippen LogP contribution in [0.15, 0.2) is 18.3 Å². The van der Waals surface area contributed by atoms with Gasteiger partial charge >= 0.3 is 0 Å². The predicted molar refractivity (Wildman–Crippen MR) is 67.4 cm³/mol. The Balaban J connectivity index is 1.97. The number of aromatic nitrogens is 1. The number of nitrogens with two attached hydrogens (primary N) is 1. The lowest BCUT2D eigenvalue weighted by Gasteiger charge is -2.18. The lowest BCUT2D eigenvalue weighted by atomic mass is 10.1. The number of hydrogen-bond donors (Lipinski definition) is 1. The van der Waals surface area contributed by atoms with E-state index in [1.165, 1.54) is 6.42 Å². The lowest BCUT2D eigenvalue weighted by Crippen LogP contribution is -2.21. The van der Waals surface area contributed by atoms with Crippen molar-refractivity contribution in [3.05, 3.63) is 23.9 Å². The zero-order chi connectivity index (χ0) is 11.7. The summed E-state index contributed by atoms with van der Waals surface area (Å²) in [4.78, 5) is 6.69. The van der Waals surface area contributed by atoms with Crippen molar-refractivity contribution in [2.45, 2.75) is 26.3 Å². The Kier molecular flexibility index (Phi) is 3.15. The lowest BCUT2D eigenvalue weighted by molar-refractivity contribution is 0.718. The molecule has 0 aromatic carbocycles. The summed E-state index contributed by atoms with van der Waals surface area (Å²) in [5.74, 6) is 2.80. The summed E-state index contributed by atoms with van der Waals surface area (Å²) in [6.45, 7) is 5.41. The molecule has 3 unspecified atom stereocenters. The van der Waals surface area contributed by atoms with Gasteiger partial charge in [0.15, 0.2) is 0 Å². The van der Waals surface area contributed by atoms with Crippen molar-refractivity contribution in [3.8, 4) is 0 Å². The van der Waals surface area contributed by atoms with E-state index >= 15 is 0 Å². The summed E-state index contributed by atoms with van der Waals surface area (Å²) < 4.78 is 0. The number of pyridine rings is 1. The third-order valence-electron chi connectivity index (χ3n) is 3.47. The molecule has 3 nitrogen and oxygen atoms in total. The van der Waals surface area contributed by atoms with Gasteiger partial charge in [-0.1, -0.05) is 13.0 Å². The smallest absolute Gasteiger partial charge is 0.128 e. The molecule has 16 heavy (non-hydrogen) atoms. The third-order valence-corrected chi connectivity index (χ3v) is 3.47. The fraction of sp³-hybridized carbons (Fsp3) is 0.615. The maximum absolute atomic E-state index is 5.80. The quantitative estimate of drug-likeness (QED) is 0.844. The van der Waals surface area contributed by atoms with Gasteiger partial charge in [0.05, 0.1) is 0 Å². The van der Waals surface area contributed by atoms with Crippen molar-refractivity contribution >= 4 is 5.82 Å². The van der Waals surface area contributed by atoms with Crippen molar-refractivity contribution in [1.82, 2.24) is 4.98 Å². The Morgan fingerprint density at radius 2 is 2.25 bits per heavy atom. The first-order valence-corrected chi connectivity index (χ1v) is 6.00. The summed E-state index contributed by atoms with van der Waals surface area (Å²) in [7, 11) is 2.11. The van der Waals surface area contributed by atoms with Crippen molar-refractivity contribution in [2.75, 3.05) is 18.5 Å². The Morgan fingerprint density at radius 1 is 1.56 bits per heavy atom. The second-order valence-corrected chi connectivity index (χ2v) is 5.09. The maximum atomic E-state index is 5.80. The fourth-order valence-corrected chi connectivity index (χ4v) is 1.99. The number of nitrogens with zero attached hydrogens (tertiary/aromatic N) is 2. The Bertz CT molecular complexity index is 345. The van der Waals surface area contributed by atoms with Crippen molar-refractivity contribution in [1.29, 1.82) is 0 Å². The minimum Gasteiger partial charge on any atom is -0.359 e. The SMILES string of the molecule is CC(N)c1ccc(N(C)CC2CC2C)nc1. The molecule has 2 rings (SSSR count). The monoisotopic (exact) mass is 219 g/mol. The number of rotatable bonds is 4. The molecular formula is C13H21N3. The van der Waals surface area contributed by atoms with E-state index in [4.69, 9.17) is 5.73 Å². The molecule has 1 aliphatic rings. The molecule has 1 saturated carbocycles. The molecule has 0 aliphatic heterocycles. The van der Waals surface area contributed by atoms with Crippen LogP contribution in [0.4, 0.5) is 5.82 Å². The highest BCUT2D eigenvalue weighted by atomic mass is 15.2. The van der Waals surface area contributed by atoms with Crippen molar-refractivity contribution < 1.29 is 0 Å². The summed E-state index contributed by atoms with van der Waals surface area (Å²) in [6.07, 6.45) is 3.25. The highest BCUT2D eigenvalue weighted by Crippen LogP contribution is 2.38. The summed E-state index contributed by atoms with van der Waals surface area (Å²) in [6, 6.07) is 4.20. The largest absolute Gasteiger partial charge is 0.359 e. The maximum Gasteiger partial charge on any atom is 0.128 e. The van der Waals surface area contributed by atoms with Gasteiger partial charge in [-0.05, 0) is 36.8 Å². The molecule has 3 atom stereocenters. The molecule has 0 saturated heterocycles. The molecule has 0 bridgehead atoms. The zero-order valence-electron chi connectivity index (χ0n) is 10.4. The summed E-state index contributed by atoms with van der Waals surface area (Å²) in [5.41, 5.74) is 6.89. The zero-order valence-corrected chi connectivity index (χ0v) is 10.4. The summed E-state index contributed by atoms with van der Waals surface area (Å²) in [5, 5.41) is 0. The van der Waals surface area contributed by atoms with Gasteiger partial charge in [-0.2, -0.15) is 0 Å². The van der Waals surface area contributed by atoms with Crippen LogP contribution >= 0.6 is 0 Å². The molecule has 1 aromatic heterocycles. The molecule has 1 fully saturated rings. The standard InChI is InChI=1S/C13H21N3/c1-9-6-12(9)8-16(3)13-5-4-11(7-15-13)10(2)14/h4-5,7,9-10,12H,6,8,14H2,1-3H3. The second-order valence-electron chi connectivity index (χ2n) is 5.09. The van der Waals surface area contributed by atoms with Gasteiger partial charge in [0, 0.05) is 25.8 Å². The number of anilines is 1. The van der Waals surface area contributed by atoms with Gasteiger partial charge in [-0.3, -0.25) is 0 Å². The average Bonchev–Trinajstić information content (AvgIpc) is 2.94. The van der Waals surface area contributed by atoms with Crippen LogP contribution in [0.25, 0.3) is 0 Å². The van der Waals surface area contributed by atoms with Crippen LogP contribution in [-0.2, 0) is 0 Å². The van der Waals surface area contributed by atoms with Gasteiger partial charge in [-0.25, -0.2) is 4.98 Å². The van der Waals surface area contributed by atoms with Crippen molar-refractivity contribution in [3.63, 3.8) is 0 Å². The van der Waals surface area contributed by atoms with E-state index in [-0.39, 0.29) is 6.04 Å². The minimum atomic E-state index is 0.0651. The highest BCUT2D eigenvalue weighted by molar-refractivity contribution is 5.39. The summed E-state index contributed by atoms with van der Waals surface area (Å²) >= 11 is 0. The van der Waals surface area contributed by atoms with E-state index in [1.54, 1.807) is 0 Å². The van der Waals surface area contributed by atoms with E-state index in [9.17, 15) is 0 Å².